The van der Waals surface area contributed by atoms with Crippen molar-refractivity contribution in [3.05, 3.63) is 48.3 Å². The van der Waals surface area contributed by atoms with Gasteiger partial charge in [0, 0.05) is 24.5 Å². The van der Waals surface area contributed by atoms with Crippen LogP contribution in [-0.2, 0) is 16.6 Å². The Kier molecular flexibility index (Phi) is 3.79. The van der Waals surface area contributed by atoms with Crippen molar-refractivity contribution in [2.24, 2.45) is 0 Å². The molecule has 0 aliphatic carbocycles. The Balaban J connectivity index is 1.60. The Bertz CT molecular complexity index is 995. The third-order valence-corrected chi connectivity index (χ3v) is 6.05. The topological polar surface area (TPSA) is 94.1 Å². The average molecular weight is 359 g/mol. The molecule has 130 valence electrons. The first-order valence-corrected chi connectivity index (χ1v) is 9.54. The molecule has 3 aromatic rings. The molecule has 1 fully saturated rings. The maximum Gasteiger partial charge on any atom is 0.258 e. The van der Waals surface area contributed by atoms with E-state index in [9.17, 15) is 8.42 Å². The molecule has 4 rings (SSSR count). The molecule has 25 heavy (non-hydrogen) atoms. The maximum atomic E-state index is 12.1. The van der Waals surface area contributed by atoms with Gasteiger partial charge in [0.25, 0.3) is 5.89 Å². The first-order valence-electron chi connectivity index (χ1n) is 7.93. The van der Waals surface area contributed by atoms with Crippen molar-refractivity contribution in [1.82, 2.24) is 19.7 Å². The highest BCUT2D eigenvalue weighted by Gasteiger charge is 2.28. The summed E-state index contributed by atoms with van der Waals surface area (Å²) in [6.07, 6.45) is 5.86. The Morgan fingerprint density at radius 1 is 1.32 bits per heavy atom. The molecule has 1 aromatic carbocycles. The van der Waals surface area contributed by atoms with Crippen molar-refractivity contribution in [2.45, 2.75) is 19.9 Å². The quantitative estimate of drug-likeness (QED) is 0.705. The molecule has 1 aliphatic heterocycles. The van der Waals surface area contributed by atoms with Gasteiger partial charge in [0.05, 0.1) is 24.3 Å². The standard InChI is InChI=1S/C16H17N5O3S/c1-12-9-13(21-6-2-8-25(21,22)23)3-4-14(12)16-18-15(19-24-16)10-20-7-5-17-11-20/h3-5,7,9,11H,2,6,8,10H2,1H3. The summed E-state index contributed by atoms with van der Waals surface area (Å²) >= 11 is 0. The minimum absolute atomic E-state index is 0.203. The molecule has 9 heteroatoms. The summed E-state index contributed by atoms with van der Waals surface area (Å²) < 4.78 is 32.8. The van der Waals surface area contributed by atoms with E-state index in [-0.39, 0.29) is 5.75 Å². The van der Waals surface area contributed by atoms with Gasteiger partial charge in [-0.15, -0.1) is 0 Å². The van der Waals surface area contributed by atoms with Gasteiger partial charge in [-0.2, -0.15) is 4.98 Å². The predicted molar refractivity (Wildman–Crippen MR) is 91.5 cm³/mol. The maximum absolute atomic E-state index is 12.1. The van der Waals surface area contributed by atoms with Gasteiger partial charge in [-0.25, -0.2) is 13.4 Å². The molecule has 0 bridgehead atoms. The molecular weight excluding hydrogens is 342 g/mol. The van der Waals surface area contributed by atoms with Gasteiger partial charge in [0.1, 0.15) is 0 Å². The molecule has 1 saturated heterocycles. The fourth-order valence-electron chi connectivity index (χ4n) is 2.94. The predicted octanol–water partition coefficient (Wildman–Crippen LogP) is 1.83. The van der Waals surface area contributed by atoms with Crippen LogP contribution in [-0.4, -0.2) is 40.4 Å². The summed E-state index contributed by atoms with van der Waals surface area (Å²) in [5.74, 6) is 1.18. The van der Waals surface area contributed by atoms with E-state index in [1.54, 1.807) is 18.6 Å². The first-order chi connectivity index (χ1) is 12.0. The summed E-state index contributed by atoms with van der Waals surface area (Å²) in [6.45, 7) is 2.91. The molecule has 2 aromatic heterocycles. The second-order valence-electron chi connectivity index (χ2n) is 5.99. The Hall–Kier alpha value is -2.68. The number of aryl methyl sites for hydroxylation is 1. The SMILES string of the molecule is Cc1cc(N2CCCS2(=O)=O)ccc1-c1nc(Cn2ccnc2)no1. The second kappa shape index (κ2) is 5.99. The van der Waals surface area contributed by atoms with Crippen molar-refractivity contribution >= 4 is 15.7 Å². The van der Waals surface area contributed by atoms with Crippen molar-refractivity contribution in [1.29, 1.82) is 0 Å². The van der Waals surface area contributed by atoms with Crippen LogP contribution >= 0.6 is 0 Å². The summed E-state index contributed by atoms with van der Waals surface area (Å²) in [5, 5.41) is 3.99. The van der Waals surface area contributed by atoms with Crippen LogP contribution in [0.3, 0.4) is 0 Å². The molecule has 0 saturated carbocycles. The van der Waals surface area contributed by atoms with Crippen LogP contribution in [0.25, 0.3) is 11.5 Å². The smallest absolute Gasteiger partial charge is 0.258 e. The lowest BCUT2D eigenvalue weighted by atomic mass is 10.1. The summed E-state index contributed by atoms with van der Waals surface area (Å²) in [5.41, 5.74) is 2.36. The zero-order chi connectivity index (χ0) is 17.4. The normalized spacial score (nSPS) is 16.4. The zero-order valence-corrected chi connectivity index (χ0v) is 14.5. The largest absolute Gasteiger partial charge is 0.334 e. The molecule has 0 amide bonds. The van der Waals surface area contributed by atoms with Gasteiger partial charge in [-0.3, -0.25) is 4.31 Å². The third-order valence-electron chi connectivity index (χ3n) is 4.18. The molecule has 0 spiro atoms. The van der Waals surface area contributed by atoms with Gasteiger partial charge < -0.3 is 9.09 Å². The van der Waals surface area contributed by atoms with Gasteiger partial charge in [-0.1, -0.05) is 5.16 Å². The summed E-state index contributed by atoms with van der Waals surface area (Å²) in [4.78, 5) is 8.39. The van der Waals surface area contributed by atoms with Gasteiger partial charge in [-0.05, 0) is 37.1 Å². The number of benzene rings is 1. The number of imidazole rings is 1. The van der Waals surface area contributed by atoms with E-state index in [1.807, 2.05) is 29.8 Å². The van der Waals surface area contributed by atoms with E-state index in [4.69, 9.17) is 4.52 Å². The number of sulfonamides is 1. The number of aromatic nitrogens is 4. The first kappa shape index (κ1) is 15.8. The van der Waals surface area contributed by atoms with E-state index in [0.717, 1.165) is 11.1 Å². The van der Waals surface area contributed by atoms with Gasteiger partial charge >= 0.3 is 0 Å². The molecule has 0 atom stereocenters. The average Bonchev–Trinajstić information content (AvgIpc) is 3.29. The van der Waals surface area contributed by atoms with Crippen LogP contribution in [0.15, 0.2) is 41.4 Å². The lowest BCUT2D eigenvalue weighted by molar-refractivity contribution is 0.420. The van der Waals surface area contributed by atoms with E-state index >= 15 is 0 Å². The Morgan fingerprint density at radius 3 is 2.88 bits per heavy atom. The summed E-state index contributed by atoms with van der Waals surface area (Å²) in [6, 6.07) is 5.45. The van der Waals surface area contributed by atoms with Crippen LogP contribution in [0.5, 0.6) is 0 Å². The van der Waals surface area contributed by atoms with Crippen LogP contribution in [0, 0.1) is 6.92 Å². The number of hydrogen-bond donors (Lipinski definition) is 0. The number of anilines is 1. The van der Waals surface area contributed by atoms with Gasteiger partial charge in [0.15, 0.2) is 5.82 Å². The third kappa shape index (κ3) is 3.02. The molecule has 8 nitrogen and oxygen atoms in total. The fourth-order valence-corrected chi connectivity index (χ4v) is 4.50. The number of rotatable bonds is 4. The minimum Gasteiger partial charge on any atom is -0.334 e. The lowest BCUT2D eigenvalue weighted by Gasteiger charge is -2.17. The molecule has 0 radical (unpaired) electrons. The Labute approximate surface area is 145 Å². The van der Waals surface area contributed by atoms with Crippen molar-refractivity contribution in [3.63, 3.8) is 0 Å². The number of hydrogen-bond acceptors (Lipinski definition) is 6. The van der Waals surface area contributed by atoms with Crippen LogP contribution in [0.1, 0.15) is 17.8 Å². The lowest BCUT2D eigenvalue weighted by Crippen LogP contribution is -2.25. The van der Waals surface area contributed by atoms with E-state index in [0.29, 0.717) is 36.9 Å². The molecule has 0 N–H and O–H groups in total. The van der Waals surface area contributed by atoms with Gasteiger partial charge in [0.2, 0.25) is 10.0 Å². The molecular formula is C16H17N5O3S. The van der Waals surface area contributed by atoms with E-state index in [1.165, 1.54) is 4.31 Å². The van der Waals surface area contributed by atoms with Crippen LogP contribution < -0.4 is 4.31 Å². The van der Waals surface area contributed by atoms with E-state index < -0.39 is 10.0 Å². The fraction of sp³-hybridized carbons (Fsp3) is 0.312. The minimum atomic E-state index is -3.19. The summed E-state index contributed by atoms with van der Waals surface area (Å²) in [7, 11) is -3.19. The highest BCUT2D eigenvalue weighted by Crippen LogP contribution is 2.29. The van der Waals surface area contributed by atoms with E-state index in [2.05, 4.69) is 15.1 Å². The zero-order valence-electron chi connectivity index (χ0n) is 13.7. The Morgan fingerprint density at radius 2 is 2.20 bits per heavy atom. The highest BCUT2D eigenvalue weighted by molar-refractivity contribution is 7.93. The van der Waals surface area contributed by atoms with Crippen LogP contribution in [0.2, 0.25) is 0 Å². The number of nitrogens with zero attached hydrogens (tertiary/aromatic N) is 5. The van der Waals surface area contributed by atoms with Crippen LogP contribution in [0.4, 0.5) is 5.69 Å². The highest BCUT2D eigenvalue weighted by atomic mass is 32.2. The van der Waals surface area contributed by atoms with Crippen molar-refractivity contribution < 1.29 is 12.9 Å². The van der Waals surface area contributed by atoms with Crippen molar-refractivity contribution in [2.75, 3.05) is 16.6 Å². The molecule has 3 heterocycles. The molecule has 1 aliphatic rings. The molecule has 0 unspecified atom stereocenters. The second-order valence-corrected chi connectivity index (χ2v) is 8.00. The monoisotopic (exact) mass is 359 g/mol. The van der Waals surface area contributed by atoms with Crippen molar-refractivity contribution in [3.8, 4) is 11.5 Å².